The van der Waals surface area contributed by atoms with Gasteiger partial charge in [-0.05, 0) is 36.4 Å². The van der Waals surface area contributed by atoms with Gasteiger partial charge in [-0.15, -0.1) is 0 Å². The van der Waals surface area contributed by atoms with Gasteiger partial charge in [-0.1, -0.05) is 51.8 Å². The normalized spacial score (nSPS) is 15.2. The molecular weight excluding hydrogens is 418 g/mol. The van der Waals surface area contributed by atoms with Crippen LogP contribution < -0.4 is 0 Å². The van der Waals surface area contributed by atoms with Crippen LogP contribution in [-0.4, -0.2) is 11.9 Å². The van der Waals surface area contributed by atoms with E-state index in [4.69, 9.17) is 20.8 Å². The number of carbonyl (C=O) groups is 1. The van der Waals surface area contributed by atoms with Gasteiger partial charge in [-0.25, -0.2) is 9.79 Å². The Morgan fingerprint density at radius 3 is 2.54 bits per heavy atom. The third kappa shape index (κ3) is 3.36. The zero-order chi connectivity index (χ0) is 18.1. The van der Waals surface area contributed by atoms with E-state index in [1.54, 1.807) is 36.4 Å². The van der Waals surface area contributed by atoms with E-state index < -0.39 is 5.97 Å². The highest BCUT2D eigenvalue weighted by atomic mass is 79.9. The Kier molecular flexibility index (Phi) is 4.49. The molecule has 0 atom stereocenters. The molecule has 1 aliphatic rings. The number of furan rings is 1. The maximum Gasteiger partial charge on any atom is 0.363 e. The van der Waals surface area contributed by atoms with E-state index in [2.05, 4.69) is 20.9 Å². The Hall–Kier alpha value is -2.63. The van der Waals surface area contributed by atoms with Crippen LogP contribution >= 0.6 is 27.5 Å². The second-order valence-corrected chi connectivity index (χ2v) is 6.85. The number of hydrogen-bond donors (Lipinski definition) is 0. The fraction of sp³-hybridized carbons (Fsp3) is 0. The van der Waals surface area contributed by atoms with Crippen molar-refractivity contribution >= 4 is 45.5 Å². The Bertz CT molecular complexity index is 1050. The minimum atomic E-state index is -0.540. The van der Waals surface area contributed by atoms with Gasteiger partial charge < -0.3 is 9.15 Å². The van der Waals surface area contributed by atoms with E-state index in [9.17, 15) is 4.79 Å². The first-order valence-corrected chi connectivity index (χ1v) is 8.90. The molecule has 0 amide bonds. The highest BCUT2D eigenvalue weighted by molar-refractivity contribution is 9.10. The summed E-state index contributed by atoms with van der Waals surface area (Å²) in [6, 6.07) is 18.4. The topological polar surface area (TPSA) is 51.8 Å². The van der Waals surface area contributed by atoms with Gasteiger partial charge in [-0.2, -0.15) is 0 Å². The Morgan fingerprint density at radius 1 is 1.00 bits per heavy atom. The summed E-state index contributed by atoms with van der Waals surface area (Å²) in [5.41, 5.74) is 1.67. The summed E-state index contributed by atoms with van der Waals surface area (Å²) in [7, 11) is 0. The lowest BCUT2D eigenvalue weighted by atomic mass is 10.2. The largest absolute Gasteiger partial charge is 0.457 e. The number of benzene rings is 2. The van der Waals surface area contributed by atoms with Crippen molar-refractivity contribution in [1.82, 2.24) is 0 Å². The van der Waals surface area contributed by atoms with Gasteiger partial charge in [0.15, 0.2) is 5.70 Å². The van der Waals surface area contributed by atoms with Crippen LogP contribution in [0.4, 0.5) is 0 Å². The molecule has 0 fully saturated rings. The Morgan fingerprint density at radius 2 is 1.77 bits per heavy atom. The minimum absolute atomic E-state index is 0.164. The molecule has 0 bridgehead atoms. The monoisotopic (exact) mass is 427 g/mol. The maximum absolute atomic E-state index is 12.1. The van der Waals surface area contributed by atoms with Gasteiger partial charge in [0.1, 0.15) is 11.5 Å². The molecule has 4 nitrogen and oxygen atoms in total. The second kappa shape index (κ2) is 6.94. The molecule has 26 heavy (non-hydrogen) atoms. The van der Waals surface area contributed by atoms with Crippen molar-refractivity contribution in [3.63, 3.8) is 0 Å². The van der Waals surface area contributed by atoms with E-state index in [0.29, 0.717) is 22.1 Å². The number of ether oxygens (including phenoxy) is 1. The SMILES string of the molecule is O=C1OC(c2ccccc2Cl)=N/C1=C\c1ccc(-c2ccc(Br)cc2)o1. The van der Waals surface area contributed by atoms with Crippen LogP contribution in [0.5, 0.6) is 0 Å². The average Bonchev–Trinajstić information content (AvgIpc) is 3.24. The van der Waals surface area contributed by atoms with Gasteiger partial charge in [0.25, 0.3) is 0 Å². The van der Waals surface area contributed by atoms with Gasteiger partial charge in [0, 0.05) is 16.1 Å². The molecule has 128 valence electrons. The van der Waals surface area contributed by atoms with Crippen molar-refractivity contribution in [1.29, 1.82) is 0 Å². The van der Waals surface area contributed by atoms with Gasteiger partial charge in [-0.3, -0.25) is 0 Å². The molecule has 0 aliphatic carbocycles. The van der Waals surface area contributed by atoms with E-state index >= 15 is 0 Å². The molecule has 0 radical (unpaired) electrons. The molecular formula is C20H11BrClNO3. The maximum atomic E-state index is 12.1. The molecule has 0 saturated heterocycles. The number of aliphatic imine (C=N–C) groups is 1. The molecule has 0 N–H and O–H groups in total. The van der Waals surface area contributed by atoms with Gasteiger partial charge >= 0.3 is 5.97 Å². The highest BCUT2D eigenvalue weighted by Gasteiger charge is 2.25. The number of carbonyl (C=O) groups excluding carboxylic acids is 1. The third-order valence-corrected chi connectivity index (χ3v) is 4.62. The summed E-state index contributed by atoms with van der Waals surface area (Å²) in [6.07, 6.45) is 1.55. The fourth-order valence-corrected chi connectivity index (χ4v) is 2.97. The van der Waals surface area contributed by atoms with Crippen LogP contribution in [0.3, 0.4) is 0 Å². The first-order valence-electron chi connectivity index (χ1n) is 7.73. The summed E-state index contributed by atoms with van der Waals surface area (Å²) in [6.45, 7) is 0. The van der Waals surface area contributed by atoms with E-state index in [-0.39, 0.29) is 11.6 Å². The quantitative estimate of drug-likeness (QED) is 0.397. The lowest BCUT2D eigenvalue weighted by Crippen LogP contribution is -2.05. The summed E-state index contributed by atoms with van der Waals surface area (Å²) < 4.78 is 12.0. The van der Waals surface area contributed by atoms with E-state index in [1.807, 2.05) is 30.3 Å². The minimum Gasteiger partial charge on any atom is -0.457 e. The average molecular weight is 429 g/mol. The van der Waals surface area contributed by atoms with Crippen LogP contribution in [0.2, 0.25) is 5.02 Å². The summed E-state index contributed by atoms with van der Waals surface area (Å²) in [5, 5.41) is 0.468. The van der Waals surface area contributed by atoms with Crippen molar-refractivity contribution < 1.29 is 13.9 Å². The lowest BCUT2D eigenvalue weighted by molar-refractivity contribution is -0.129. The zero-order valence-corrected chi connectivity index (χ0v) is 15.6. The summed E-state index contributed by atoms with van der Waals surface area (Å²) in [4.78, 5) is 16.3. The van der Waals surface area contributed by atoms with Crippen LogP contribution in [0.25, 0.3) is 17.4 Å². The molecule has 1 aromatic heterocycles. The summed E-state index contributed by atoms with van der Waals surface area (Å²) >= 11 is 9.53. The second-order valence-electron chi connectivity index (χ2n) is 5.52. The molecule has 0 saturated carbocycles. The number of hydrogen-bond acceptors (Lipinski definition) is 4. The smallest absolute Gasteiger partial charge is 0.363 e. The van der Waals surface area contributed by atoms with Gasteiger partial charge in [0.2, 0.25) is 5.90 Å². The van der Waals surface area contributed by atoms with E-state index in [1.165, 1.54) is 0 Å². The molecule has 6 heteroatoms. The molecule has 1 aliphatic heterocycles. The zero-order valence-electron chi connectivity index (χ0n) is 13.3. The van der Waals surface area contributed by atoms with E-state index in [0.717, 1.165) is 10.0 Å². The predicted molar refractivity (Wildman–Crippen MR) is 104 cm³/mol. The van der Waals surface area contributed by atoms with Crippen molar-refractivity contribution in [3.05, 3.63) is 87.2 Å². The van der Waals surface area contributed by atoms with Crippen molar-refractivity contribution in [2.45, 2.75) is 0 Å². The Balaban J connectivity index is 1.63. The highest BCUT2D eigenvalue weighted by Crippen LogP contribution is 2.27. The Labute approximate surface area is 162 Å². The molecule has 0 spiro atoms. The molecule has 2 aromatic carbocycles. The number of rotatable bonds is 3. The van der Waals surface area contributed by atoms with Crippen LogP contribution in [0.1, 0.15) is 11.3 Å². The van der Waals surface area contributed by atoms with Crippen LogP contribution in [-0.2, 0) is 9.53 Å². The fourth-order valence-electron chi connectivity index (χ4n) is 2.49. The van der Waals surface area contributed by atoms with Crippen LogP contribution in [0.15, 0.2) is 80.2 Å². The number of cyclic esters (lactones) is 1. The molecule has 4 rings (SSSR count). The molecule has 0 unspecified atom stereocenters. The molecule has 3 aromatic rings. The lowest BCUT2D eigenvalue weighted by Gasteiger charge is -2.00. The number of halogens is 2. The van der Waals surface area contributed by atoms with Gasteiger partial charge in [0.05, 0.1) is 10.6 Å². The predicted octanol–water partition coefficient (Wildman–Crippen LogP) is 5.71. The standard InChI is InChI=1S/C20H11BrClNO3/c21-13-7-5-12(6-8-13)18-10-9-14(25-18)11-17-20(24)26-19(23-17)15-3-1-2-4-16(15)22/h1-11H/b17-11-. The number of esters is 1. The number of nitrogens with zero attached hydrogens (tertiary/aromatic N) is 1. The van der Waals surface area contributed by atoms with Crippen LogP contribution in [0, 0.1) is 0 Å². The third-order valence-electron chi connectivity index (χ3n) is 3.76. The van der Waals surface area contributed by atoms with Crippen molar-refractivity contribution in [2.24, 2.45) is 4.99 Å². The van der Waals surface area contributed by atoms with Crippen molar-refractivity contribution in [2.75, 3.05) is 0 Å². The summed E-state index contributed by atoms with van der Waals surface area (Å²) in [5.74, 6) is 0.859. The molecule has 2 heterocycles. The van der Waals surface area contributed by atoms with Crippen molar-refractivity contribution in [3.8, 4) is 11.3 Å². The first kappa shape index (κ1) is 16.8. The first-order chi connectivity index (χ1) is 12.6.